The predicted molar refractivity (Wildman–Crippen MR) is 160 cm³/mol. The second-order valence-corrected chi connectivity index (χ2v) is 10.2. The van der Waals surface area contributed by atoms with Crippen molar-refractivity contribution in [3.05, 3.63) is 102 Å². The van der Waals surface area contributed by atoms with Crippen LogP contribution in [0.25, 0.3) is 16.8 Å². The van der Waals surface area contributed by atoms with Crippen molar-refractivity contribution in [1.29, 1.82) is 0 Å². The van der Waals surface area contributed by atoms with E-state index in [1.165, 1.54) is 5.56 Å². The highest BCUT2D eigenvalue weighted by molar-refractivity contribution is 7.81. The molecule has 0 radical (unpaired) electrons. The molecule has 5 aromatic rings. The minimum Gasteiger partial charge on any atom is -0.494 e. The van der Waals surface area contributed by atoms with Gasteiger partial charge in [0.05, 0.1) is 6.61 Å². The number of hydrogen-bond donors (Lipinski definition) is 1. The standard InChI is InChI=1S/C32H32N4O2S/c1-3-37-25-18-16-23(17-19-25)29-26-14-9-10-20-35-28(21-38-24-12-5-4-6-13-24)34-36(32(26)35)30(29)31(39)33-27-15-8-7-11-22(27)2/h4-8,11-13,15-19H,3,9-10,14,20-21H2,1-2H3,(H,33,39). The fourth-order valence-corrected chi connectivity index (χ4v) is 5.67. The highest BCUT2D eigenvalue weighted by Crippen LogP contribution is 2.38. The van der Waals surface area contributed by atoms with Crippen LogP contribution in [0.15, 0.2) is 78.9 Å². The molecule has 0 fully saturated rings. The van der Waals surface area contributed by atoms with E-state index in [0.717, 1.165) is 76.8 Å². The number of aryl methyl sites for hydroxylation is 3. The van der Waals surface area contributed by atoms with Crippen molar-refractivity contribution in [3.8, 4) is 22.6 Å². The molecule has 0 bridgehead atoms. The van der Waals surface area contributed by atoms with Crippen molar-refractivity contribution < 1.29 is 9.47 Å². The maximum Gasteiger partial charge on any atom is 0.169 e. The van der Waals surface area contributed by atoms with Crippen LogP contribution in [-0.2, 0) is 19.6 Å². The van der Waals surface area contributed by atoms with E-state index < -0.39 is 0 Å². The molecule has 1 aliphatic heterocycles. The van der Waals surface area contributed by atoms with Gasteiger partial charge < -0.3 is 19.4 Å². The Morgan fingerprint density at radius 2 is 1.67 bits per heavy atom. The molecular weight excluding hydrogens is 504 g/mol. The van der Waals surface area contributed by atoms with Crippen LogP contribution in [0.3, 0.4) is 0 Å². The molecule has 1 aliphatic rings. The first-order valence-electron chi connectivity index (χ1n) is 13.5. The summed E-state index contributed by atoms with van der Waals surface area (Å²) in [5.41, 5.74) is 7.67. The topological polar surface area (TPSA) is 52.7 Å². The number of ether oxygens (including phenoxy) is 2. The Labute approximate surface area is 234 Å². The van der Waals surface area contributed by atoms with Crippen molar-refractivity contribution >= 4 is 28.5 Å². The first kappa shape index (κ1) is 25.2. The number of benzene rings is 3. The predicted octanol–water partition coefficient (Wildman–Crippen LogP) is 7.21. The van der Waals surface area contributed by atoms with Gasteiger partial charge in [0, 0.05) is 23.4 Å². The third-order valence-corrected chi connectivity index (χ3v) is 7.53. The molecule has 0 saturated carbocycles. The third-order valence-electron chi connectivity index (χ3n) is 7.24. The van der Waals surface area contributed by atoms with Gasteiger partial charge in [0.15, 0.2) is 5.82 Å². The van der Waals surface area contributed by atoms with E-state index in [9.17, 15) is 0 Å². The van der Waals surface area contributed by atoms with Gasteiger partial charge in [-0.2, -0.15) is 0 Å². The van der Waals surface area contributed by atoms with Crippen LogP contribution in [0.2, 0.25) is 0 Å². The van der Waals surface area contributed by atoms with Crippen molar-refractivity contribution in [3.63, 3.8) is 0 Å². The lowest BCUT2D eigenvalue weighted by Crippen LogP contribution is -2.15. The number of rotatable bonds is 8. The smallest absolute Gasteiger partial charge is 0.169 e. The maximum atomic E-state index is 6.14. The molecule has 0 atom stereocenters. The molecule has 3 heterocycles. The van der Waals surface area contributed by atoms with Gasteiger partial charge in [-0.05, 0) is 74.6 Å². The van der Waals surface area contributed by atoms with E-state index >= 15 is 0 Å². The molecule has 39 heavy (non-hydrogen) atoms. The Morgan fingerprint density at radius 1 is 0.923 bits per heavy atom. The average Bonchev–Trinajstić information content (AvgIpc) is 3.36. The van der Waals surface area contributed by atoms with Gasteiger partial charge in [-0.3, -0.25) is 0 Å². The van der Waals surface area contributed by atoms with Gasteiger partial charge >= 0.3 is 0 Å². The van der Waals surface area contributed by atoms with Crippen LogP contribution in [0, 0.1) is 6.92 Å². The van der Waals surface area contributed by atoms with Crippen LogP contribution in [0.1, 0.15) is 42.4 Å². The molecule has 7 heteroatoms. The lowest BCUT2D eigenvalue weighted by atomic mass is 9.98. The monoisotopic (exact) mass is 536 g/mol. The highest BCUT2D eigenvalue weighted by atomic mass is 32.1. The Hall–Kier alpha value is -4.10. The summed E-state index contributed by atoms with van der Waals surface area (Å²) in [6, 6.07) is 26.4. The fraction of sp³-hybridized carbons (Fsp3) is 0.250. The summed E-state index contributed by atoms with van der Waals surface area (Å²) in [6.07, 6.45) is 3.15. The zero-order valence-corrected chi connectivity index (χ0v) is 23.1. The number of hydrogen-bond acceptors (Lipinski definition) is 4. The number of nitrogens with zero attached hydrogens (tertiary/aromatic N) is 3. The molecule has 0 amide bonds. The van der Waals surface area contributed by atoms with Crippen molar-refractivity contribution in [2.75, 3.05) is 11.9 Å². The van der Waals surface area contributed by atoms with Gasteiger partial charge in [0.25, 0.3) is 0 Å². The first-order valence-corrected chi connectivity index (χ1v) is 14.0. The molecule has 2 aromatic heterocycles. The quantitative estimate of drug-likeness (QED) is 0.212. The maximum absolute atomic E-state index is 6.14. The molecule has 6 nitrogen and oxygen atoms in total. The molecule has 0 aliphatic carbocycles. The van der Waals surface area contributed by atoms with E-state index in [2.05, 4.69) is 41.1 Å². The molecular formula is C32H32N4O2S. The largest absolute Gasteiger partial charge is 0.494 e. The summed E-state index contributed by atoms with van der Waals surface area (Å²) < 4.78 is 16.2. The van der Waals surface area contributed by atoms with Crippen molar-refractivity contribution in [2.24, 2.45) is 0 Å². The van der Waals surface area contributed by atoms with Gasteiger partial charge in [-0.1, -0.05) is 60.7 Å². The molecule has 3 aromatic carbocycles. The Bertz CT molecular complexity index is 1620. The lowest BCUT2D eigenvalue weighted by molar-refractivity contribution is 0.288. The van der Waals surface area contributed by atoms with Crippen LogP contribution in [-0.4, -0.2) is 25.8 Å². The van der Waals surface area contributed by atoms with E-state index in [0.29, 0.717) is 18.2 Å². The number of nitrogens with one attached hydrogen (secondary N) is 1. The summed E-state index contributed by atoms with van der Waals surface area (Å²) in [6.45, 7) is 6.01. The molecule has 6 rings (SSSR count). The van der Waals surface area contributed by atoms with Gasteiger partial charge in [-0.25, -0.2) is 4.52 Å². The second kappa shape index (κ2) is 10.9. The lowest BCUT2D eigenvalue weighted by Gasteiger charge is -2.13. The highest BCUT2D eigenvalue weighted by Gasteiger charge is 2.29. The minimum absolute atomic E-state index is 0.390. The van der Waals surface area contributed by atoms with Crippen molar-refractivity contribution in [2.45, 2.75) is 46.3 Å². The van der Waals surface area contributed by atoms with Crippen LogP contribution in [0.5, 0.6) is 11.5 Å². The number of aromatic nitrogens is 3. The summed E-state index contributed by atoms with van der Waals surface area (Å²) >= 11 is 6.12. The molecule has 0 saturated heterocycles. The summed E-state index contributed by atoms with van der Waals surface area (Å²) in [5, 5.41) is 8.65. The van der Waals surface area contributed by atoms with Gasteiger partial charge in [0.1, 0.15) is 34.4 Å². The van der Waals surface area contributed by atoms with Gasteiger partial charge in [-0.15, -0.1) is 5.10 Å². The fourth-order valence-electron chi connectivity index (χ4n) is 5.38. The van der Waals surface area contributed by atoms with Crippen LogP contribution >= 0.6 is 12.2 Å². The SMILES string of the molecule is CCOc1ccc(-c2c3c4n(c(COc5ccccc5)nn4c2C(=S)Nc2ccccc2C)CCCC3)cc1. The average molecular weight is 537 g/mol. The number of anilines is 1. The van der Waals surface area contributed by atoms with Crippen LogP contribution in [0.4, 0.5) is 5.69 Å². The summed E-state index contributed by atoms with van der Waals surface area (Å²) in [7, 11) is 0. The van der Waals surface area contributed by atoms with E-state index in [1.54, 1.807) is 0 Å². The number of thiocarbonyl (C=S) groups is 1. The molecule has 0 spiro atoms. The second-order valence-electron chi connectivity index (χ2n) is 9.79. The summed E-state index contributed by atoms with van der Waals surface area (Å²) in [4.78, 5) is 0.648. The summed E-state index contributed by atoms with van der Waals surface area (Å²) in [5.74, 6) is 2.59. The van der Waals surface area contributed by atoms with Crippen LogP contribution < -0.4 is 14.8 Å². The normalized spacial score (nSPS) is 12.8. The van der Waals surface area contributed by atoms with Gasteiger partial charge in [0.2, 0.25) is 0 Å². The molecule has 1 N–H and O–H groups in total. The Kier molecular flexibility index (Phi) is 7.07. The van der Waals surface area contributed by atoms with Crippen molar-refractivity contribution in [1.82, 2.24) is 14.2 Å². The first-order chi connectivity index (χ1) is 19.1. The Morgan fingerprint density at radius 3 is 2.44 bits per heavy atom. The van der Waals surface area contributed by atoms with E-state index in [1.807, 2.05) is 66.0 Å². The number of para-hydroxylation sites is 2. The van der Waals surface area contributed by atoms with E-state index in [-0.39, 0.29) is 0 Å². The van der Waals surface area contributed by atoms with E-state index in [4.69, 9.17) is 26.8 Å². The Balaban J connectivity index is 1.49. The minimum atomic E-state index is 0.390. The third kappa shape index (κ3) is 4.90. The zero-order chi connectivity index (χ0) is 26.8. The molecule has 198 valence electrons. The zero-order valence-electron chi connectivity index (χ0n) is 22.3. The molecule has 0 unspecified atom stereocenters.